The van der Waals surface area contributed by atoms with Crippen LogP contribution in [-0.2, 0) is 32.7 Å². The molecule has 0 aromatic heterocycles. The molecular formula is C74H115NO8P+. The summed E-state index contributed by atoms with van der Waals surface area (Å²) in [5.74, 6) is -0.886. The van der Waals surface area contributed by atoms with Gasteiger partial charge >= 0.3 is 19.8 Å². The van der Waals surface area contributed by atoms with Crippen molar-refractivity contribution < 1.29 is 42.1 Å². The van der Waals surface area contributed by atoms with Gasteiger partial charge in [-0.2, -0.15) is 0 Å². The van der Waals surface area contributed by atoms with Gasteiger partial charge in [0.1, 0.15) is 19.8 Å². The monoisotopic (exact) mass is 1180 g/mol. The van der Waals surface area contributed by atoms with Crippen LogP contribution in [0.1, 0.15) is 194 Å². The lowest BCUT2D eigenvalue weighted by Gasteiger charge is -2.24. The van der Waals surface area contributed by atoms with E-state index in [-0.39, 0.29) is 26.1 Å². The van der Waals surface area contributed by atoms with Gasteiger partial charge in [0.2, 0.25) is 0 Å². The topological polar surface area (TPSA) is 108 Å². The molecule has 0 saturated carbocycles. The molecule has 468 valence electrons. The lowest BCUT2D eigenvalue weighted by Crippen LogP contribution is -2.37. The number of phosphoric ester groups is 1. The molecule has 0 aliphatic carbocycles. The van der Waals surface area contributed by atoms with Crippen LogP contribution in [0.5, 0.6) is 0 Å². The molecule has 0 radical (unpaired) electrons. The third-order valence-corrected chi connectivity index (χ3v) is 13.3. The summed E-state index contributed by atoms with van der Waals surface area (Å²) in [5, 5.41) is 0. The van der Waals surface area contributed by atoms with Gasteiger partial charge in [-0.25, -0.2) is 4.57 Å². The van der Waals surface area contributed by atoms with E-state index in [0.717, 1.165) is 154 Å². The first-order chi connectivity index (χ1) is 41.0. The number of rotatable bonds is 55. The normalized spacial score (nSPS) is 14.6. The predicted molar refractivity (Wildman–Crippen MR) is 361 cm³/mol. The second-order valence-corrected chi connectivity index (χ2v) is 22.8. The van der Waals surface area contributed by atoms with Crippen LogP contribution in [0.25, 0.3) is 0 Å². The molecule has 0 aliphatic rings. The fourth-order valence-electron chi connectivity index (χ4n) is 7.49. The first-order valence-corrected chi connectivity index (χ1v) is 33.3. The number of unbranched alkanes of at least 4 members (excludes halogenated alkanes) is 7. The van der Waals surface area contributed by atoms with Crippen molar-refractivity contribution in [1.29, 1.82) is 0 Å². The maximum absolute atomic E-state index is 12.8. The Labute approximate surface area is 513 Å². The van der Waals surface area contributed by atoms with E-state index in [1.165, 1.54) is 0 Å². The molecule has 0 heterocycles. The number of phosphoric acid groups is 1. The van der Waals surface area contributed by atoms with Crippen molar-refractivity contribution in [2.45, 2.75) is 200 Å². The van der Waals surface area contributed by atoms with Gasteiger partial charge in [0, 0.05) is 12.8 Å². The van der Waals surface area contributed by atoms with Gasteiger partial charge in [0.25, 0.3) is 0 Å². The molecule has 2 atom stereocenters. The summed E-state index contributed by atoms with van der Waals surface area (Å²) >= 11 is 0. The Balaban J connectivity index is 4.31. The Morgan fingerprint density at radius 1 is 0.369 bits per heavy atom. The summed E-state index contributed by atoms with van der Waals surface area (Å²) in [6.45, 7) is 4.09. The van der Waals surface area contributed by atoms with E-state index in [2.05, 4.69) is 220 Å². The lowest BCUT2D eigenvalue weighted by atomic mass is 10.1. The van der Waals surface area contributed by atoms with Crippen molar-refractivity contribution in [3.05, 3.63) is 207 Å². The molecule has 0 rings (SSSR count). The Bertz CT molecular complexity index is 2170. The first-order valence-electron chi connectivity index (χ1n) is 31.8. The van der Waals surface area contributed by atoms with Crippen LogP contribution in [0.2, 0.25) is 0 Å². The quantitative estimate of drug-likeness (QED) is 0.0211. The van der Waals surface area contributed by atoms with Gasteiger partial charge < -0.3 is 18.9 Å². The minimum atomic E-state index is -4.42. The highest BCUT2D eigenvalue weighted by atomic mass is 31.2. The minimum Gasteiger partial charge on any atom is -0.462 e. The zero-order chi connectivity index (χ0) is 61.2. The van der Waals surface area contributed by atoms with Gasteiger partial charge in [0.15, 0.2) is 6.10 Å². The zero-order valence-corrected chi connectivity index (χ0v) is 53.9. The van der Waals surface area contributed by atoms with Crippen molar-refractivity contribution >= 4 is 19.8 Å². The van der Waals surface area contributed by atoms with E-state index in [4.69, 9.17) is 18.5 Å². The number of carbonyl (C=O) groups excluding carboxylic acids is 2. The molecular weight excluding hydrogens is 1060 g/mol. The summed E-state index contributed by atoms with van der Waals surface area (Å²) < 4.78 is 34.5. The van der Waals surface area contributed by atoms with Gasteiger partial charge in [-0.1, -0.05) is 240 Å². The third-order valence-electron chi connectivity index (χ3n) is 12.3. The number of carbonyl (C=O) groups is 2. The standard InChI is InChI=1S/C74H114NO8P/c1-6-8-10-12-14-16-18-20-22-24-26-28-30-31-32-33-34-35-36-37-38-39-40-41-42-43-45-47-49-51-53-55-57-59-61-63-65-67-74(77)83-72(71-82-84(78,79)81-69-68-75(3,4)5)70-80-73(76)66-64-62-60-58-56-54-52-50-48-46-44-29-27-25-23-21-19-17-15-13-11-9-7-2/h8-11,14-17,20-23,26-29,31-32,34-35,37-38,40-41,43,45-46,48-49,51-52,54-55,57,72H,6-7,12-13,18-19,24-25,30,33,36,39,42,44,47,50,53,56,58-71H2,1-5H3/p+1/b10-8-,11-9-,16-14-,17-15-,22-20-,23-21-,28-26-,29-27-,32-31-,35-34-,38-37-,41-40-,45-43-,48-46-,51-49-,54-52-,57-55-. The summed E-state index contributed by atoms with van der Waals surface area (Å²) in [5.41, 5.74) is 0. The fraction of sp³-hybridized carbons (Fsp3) is 0.514. The molecule has 0 bridgehead atoms. The van der Waals surface area contributed by atoms with E-state index in [1.807, 2.05) is 21.1 Å². The number of allylic oxidation sites excluding steroid dienone is 34. The Morgan fingerprint density at radius 3 is 0.952 bits per heavy atom. The predicted octanol–water partition coefficient (Wildman–Crippen LogP) is 20.7. The minimum absolute atomic E-state index is 0.00735. The number of hydrogen-bond acceptors (Lipinski definition) is 7. The summed E-state index contributed by atoms with van der Waals surface area (Å²) in [4.78, 5) is 35.8. The van der Waals surface area contributed by atoms with Crippen LogP contribution in [0.4, 0.5) is 0 Å². The number of esters is 2. The van der Waals surface area contributed by atoms with E-state index >= 15 is 0 Å². The molecule has 84 heavy (non-hydrogen) atoms. The van der Waals surface area contributed by atoms with Gasteiger partial charge in [-0.3, -0.25) is 18.6 Å². The Hall–Kier alpha value is -5.41. The molecule has 1 N–H and O–H groups in total. The van der Waals surface area contributed by atoms with Crippen LogP contribution in [0.3, 0.4) is 0 Å². The summed E-state index contributed by atoms with van der Waals surface area (Å²) in [6.07, 6.45) is 99.1. The molecule has 10 heteroatoms. The van der Waals surface area contributed by atoms with Crippen molar-refractivity contribution in [3.63, 3.8) is 0 Å². The van der Waals surface area contributed by atoms with Crippen LogP contribution < -0.4 is 0 Å². The van der Waals surface area contributed by atoms with Crippen LogP contribution in [-0.4, -0.2) is 74.9 Å². The fourth-order valence-corrected chi connectivity index (χ4v) is 8.23. The van der Waals surface area contributed by atoms with Crippen molar-refractivity contribution in [2.75, 3.05) is 47.5 Å². The number of hydrogen-bond donors (Lipinski definition) is 1. The molecule has 0 aromatic carbocycles. The molecule has 0 fully saturated rings. The summed E-state index contributed by atoms with van der Waals surface area (Å²) in [7, 11) is 1.40. The zero-order valence-electron chi connectivity index (χ0n) is 53.0. The van der Waals surface area contributed by atoms with Crippen molar-refractivity contribution in [1.82, 2.24) is 0 Å². The maximum Gasteiger partial charge on any atom is 0.472 e. The van der Waals surface area contributed by atoms with Crippen LogP contribution >= 0.6 is 7.82 Å². The highest BCUT2D eigenvalue weighted by molar-refractivity contribution is 7.47. The van der Waals surface area contributed by atoms with E-state index < -0.39 is 32.5 Å². The first kappa shape index (κ1) is 78.6. The Kier molecular flexibility index (Phi) is 58.1. The second kappa shape index (κ2) is 62.1. The van der Waals surface area contributed by atoms with Crippen LogP contribution in [0, 0.1) is 0 Å². The van der Waals surface area contributed by atoms with E-state index in [0.29, 0.717) is 23.9 Å². The number of ether oxygens (including phenoxy) is 2. The number of quaternary nitrogens is 1. The lowest BCUT2D eigenvalue weighted by molar-refractivity contribution is -0.870. The highest BCUT2D eigenvalue weighted by Crippen LogP contribution is 2.43. The van der Waals surface area contributed by atoms with Gasteiger partial charge in [0.05, 0.1) is 27.7 Å². The van der Waals surface area contributed by atoms with Crippen molar-refractivity contribution in [3.8, 4) is 0 Å². The van der Waals surface area contributed by atoms with Crippen LogP contribution in [0.15, 0.2) is 207 Å². The molecule has 9 nitrogen and oxygen atoms in total. The Morgan fingerprint density at radius 2 is 0.643 bits per heavy atom. The van der Waals surface area contributed by atoms with Gasteiger partial charge in [-0.15, -0.1) is 0 Å². The van der Waals surface area contributed by atoms with E-state index in [9.17, 15) is 19.0 Å². The molecule has 2 unspecified atom stereocenters. The highest BCUT2D eigenvalue weighted by Gasteiger charge is 2.27. The number of nitrogens with zero attached hydrogens (tertiary/aromatic N) is 1. The number of likely N-dealkylation sites (N-methyl/N-ethyl adjacent to an activating group) is 1. The molecule has 0 aliphatic heterocycles. The average molecular weight is 1180 g/mol. The molecule has 0 aromatic rings. The SMILES string of the molecule is CC/C=C\C/C=C\C/C=C\C/C=C\C/C=C\C/C=C\C/C=C\C/C=C\C/C=C\C/C=C\C/C=C\CCCCCC(=O)OC(COC(=O)CCCCCC/C=C\C/C=C\C/C=C\C/C=C\C/C=C\C/C=C\CC)COP(=O)(O)OCC[N+](C)(C)C. The van der Waals surface area contributed by atoms with Crippen molar-refractivity contribution in [2.24, 2.45) is 0 Å². The molecule has 0 amide bonds. The van der Waals surface area contributed by atoms with E-state index in [1.54, 1.807) is 0 Å². The molecule has 0 spiro atoms. The van der Waals surface area contributed by atoms with Gasteiger partial charge in [-0.05, 0) is 148 Å². The largest absolute Gasteiger partial charge is 0.472 e. The smallest absolute Gasteiger partial charge is 0.462 e. The average Bonchev–Trinajstić information content (AvgIpc) is 3.61. The third kappa shape index (κ3) is 65.7. The second-order valence-electron chi connectivity index (χ2n) is 21.3. The maximum atomic E-state index is 12.8. The summed E-state index contributed by atoms with van der Waals surface area (Å²) in [6, 6.07) is 0. The molecule has 0 saturated heterocycles.